The zero-order valence-corrected chi connectivity index (χ0v) is 9.54. The minimum Gasteiger partial charge on any atom is -0.372 e. The molecule has 2 nitrogen and oxygen atoms in total. The highest BCUT2D eigenvalue weighted by atomic mass is 16.5. The van der Waals surface area contributed by atoms with Gasteiger partial charge >= 0.3 is 0 Å². The van der Waals surface area contributed by atoms with Crippen LogP contribution in [0, 0.1) is 23.7 Å². The van der Waals surface area contributed by atoms with E-state index in [-0.39, 0.29) is 0 Å². The van der Waals surface area contributed by atoms with Crippen LogP contribution in [0.2, 0.25) is 0 Å². The maximum atomic E-state index is 4.87. The lowest BCUT2D eigenvalue weighted by atomic mass is 10.1. The Morgan fingerprint density at radius 2 is 1.31 bits per heavy atom. The average Bonchev–Trinajstić information content (AvgIpc) is 2.32. The summed E-state index contributed by atoms with van der Waals surface area (Å²) >= 11 is 0. The average molecular weight is 214 g/mol. The van der Waals surface area contributed by atoms with Crippen LogP contribution in [-0.2, 0) is 9.47 Å². The summed E-state index contributed by atoms with van der Waals surface area (Å²) in [4.78, 5) is 0. The molecule has 2 heteroatoms. The second-order valence-electron chi connectivity index (χ2n) is 3.02. The molecule has 0 atom stereocenters. The van der Waals surface area contributed by atoms with Crippen molar-refractivity contribution in [2.24, 2.45) is 0 Å². The van der Waals surface area contributed by atoms with Crippen LogP contribution in [-0.4, -0.2) is 27.4 Å². The Kier molecular flexibility index (Phi) is 5.81. The topological polar surface area (TPSA) is 18.5 Å². The van der Waals surface area contributed by atoms with Crippen LogP contribution >= 0.6 is 0 Å². The van der Waals surface area contributed by atoms with Gasteiger partial charge in [-0.2, -0.15) is 0 Å². The van der Waals surface area contributed by atoms with Crippen LogP contribution in [0.1, 0.15) is 11.1 Å². The fourth-order valence-corrected chi connectivity index (χ4v) is 1.11. The summed E-state index contributed by atoms with van der Waals surface area (Å²) in [6, 6.07) is 7.77. The third kappa shape index (κ3) is 4.19. The summed E-state index contributed by atoms with van der Waals surface area (Å²) in [6.45, 7) is 0.861. The van der Waals surface area contributed by atoms with Crippen molar-refractivity contribution < 1.29 is 9.47 Å². The van der Waals surface area contributed by atoms with Crippen LogP contribution < -0.4 is 0 Å². The van der Waals surface area contributed by atoms with Crippen molar-refractivity contribution in [3.8, 4) is 23.7 Å². The summed E-state index contributed by atoms with van der Waals surface area (Å²) in [5.74, 6) is 11.9. The van der Waals surface area contributed by atoms with Gasteiger partial charge in [0.25, 0.3) is 0 Å². The van der Waals surface area contributed by atoms with E-state index in [1.807, 2.05) is 24.3 Å². The van der Waals surface area contributed by atoms with Gasteiger partial charge in [-0.25, -0.2) is 0 Å². The van der Waals surface area contributed by atoms with E-state index in [2.05, 4.69) is 23.7 Å². The molecule has 1 aromatic carbocycles. The van der Waals surface area contributed by atoms with Crippen molar-refractivity contribution in [3.63, 3.8) is 0 Å². The van der Waals surface area contributed by atoms with E-state index in [9.17, 15) is 0 Å². The largest absolute Gasteiger partial charge is 0.372 e. The van der Waals surface area contributed by atoms with Crippen molar-refractivity contribution in [2.45, 2.75) is 0 Å². The van der Waals surface area contributed by atoms with Gasteiger partial charge in [0, 0.05) is 25.3 Å². The lowest BCUT2D eigenvalue weighted by Gasteiger charge is -1.94. The molecule has 0 amide bonds. The number of ether oxygens (including phenoxy) is 2. The van der Waals surface area contributed by atoms with Gasteiger partial charge in [0.2, 0.25) is 0 Å². The highest BCUT2D eigenvalue weighted by molar-refractivity contribution is 5.50. The van der Waals surface area contributed by atoms with Crippen LogP contribution in [0.25, 0.3) is 0 Å². The molecule has 0 saturated carbocycles. The molecule has 0 aliphatic rings. The van der Waals surface area contributed by atoms with E-state index in [0.717, 1.165) is 11.1 Å². The second kappa shape index (κ2) is 7.54. The molecule has 1 rings (SSSR count). The van der Waals surface area contributed by atoms with Crippen LogP contribution in [0.3, 0.4) is 0 Å². The van der Waals surface area contributed by atoms with E-state index < -0.39 is 0 Å². The molecule has 16 heavy (non-hydrogen) atoms. The monoisotopic (exact) mass is 214 g/mol. The number of hydrogen-bond acceptors (Lipinski definition) is 2. The summed E-state index contributed by atoms with van der Waals surface area (Å²) in [5, 5.41) is 0. The van der Waals surface area contributed by atoms with Crippen LogP contribution in [0.5, 0.6) is 0 Å². The van der Waals surface area contributed by atoms with E-state index in [1.165, 1.54) is 0 Å². The minimum atomic E-state index is 0.430. The Balaban J connectivity index is 2.86. The Morgan fingerprint density at radius 3 is 1.69 bits per heavy atom. The van der Waals surface area contributed by atoms with Crippen LogP contribution in [0.15, 0.2) is 24.3 Å². The maximum absolute atomic E-state index is 4.87. The summed E-state index contributed by atoms with van der Waals surface area (Å²) in [7, 11) is 3.25. The molecule has 0 heterocycles. The van der Waals surface area contributed by atoms with Gasteiger partial charge in [0.05, 0.1) is 0 Å². The molecule has 0 aliphatic heterocycles. The third-order valence-electron chi connectivity index (χ3n) is 1.81. The minimum absolute atomic E-state index is 0.430. The standard InChI is InChI=1S/C14H14O2/c1-15-11-5-9-13-7-3-4-8-14(13)10-6-12-16-2/h3-4,7-8H,11-12H2,1-2H3. The van der Waals surface area contributed by atoms with E-state index in [0.29, 0.717) is 13.2 Å². The molecule has 0 N–H and O–H groups in total. The van der Waals surface area contributed by atoms with E-state index in [1.54, 1.807) is 14.2 Å². The Morgan fingerprint density at radius 1 is 0.875 bits per heavy atom. The van der Waals surface area contributed by atoms with Gasteiger partial charge in [0.15, 0.2) is 0 Å². The maximum Gasteiger partial charge on any atom is 0.107 e. The Hall–Kier alpha value is -1.74. The van der Waals surface area contributed by atoms with Gasteiger partial charge in [0.1, 0.15) is 13.2 Å². The first kappa shape index (κ1) is 12.3. The lowest BCUT2D eigenvalue weighted by Crippen LogP contribution is -1.87. The van der Waals surface area contributed by atoms with Crippen molar-refractivity contribution in [1.82, 2.24) is 0 Å². The van der Waals surface area contributed by atoms with E-state index in [4.69, 9.17) is 9.47 Å². The fourth-order valence-electron chi connectivity index (χ4n) is 1.11. The Bertz CT molecular complexity index is 398. The fraction of sp³-hybridized carbons (Fsp3) is 0.286. The zero-order chi connectivity index (χ0) is 11.6. The SMILES string of the molecule is COCC#Cc1ccccc1C#CCOC. The number of hydrogen-bond donors (Lipinski definition) is 0. The third-order valence-corrected chi connectivity index (χ3v) is 1.81. The smallest absolute Gasteiger partial charge is 0.107 e. The summed E-state index contributed by atoms with van der Waals surface area (Å²) in [5.41, 5.74) is 1.84. The quantitative estimate of drug-likeness (QED) is 0.697. The normalized spacial score (nSPS) is 8.62. The van der Waals surface area contributed by atoms with Crippen molar-refractivity contribution >= 4 is 0 Å². The summed E-state index contributed by atoms with van der Waals surface area (Å²) < 4.78 is 9.74. The lowest BCUT2D eigenvalue weighted by molar-refractivity contribution is 0.239. The van der Waals surface area contributed by atoms with Gasteiger partial charge < -0.3 is 9.47 Å². The first-order valence-corrected chi connectivity index (χ1v) is 4.93. The second-order valence-corrected chi connectivity index (χ2v) is 3.02. The number of rotatable bonds is 2. The van der Waals surface area contributed by atoms with Gasteiger partial charge in [-0.3, -0.25) is 0 Å². The molecular weight excluding hydrogens is 200 g/mol. The molecule has 0 bridgehead atoms. The predicted octanol–water partition coefficient (Wildman–Crippen LogP) is 1.68. The predicted molar refractivity (Wildman–Crippen MR) is 64.0 cm³/mol. The first-order chi connectivity index (χ1) is 7.88. The first-order valence-electron chi connectivity index (χ1n) is 4.93. The zero-order valence-electron chi connectivity index (χ0n) is 9.54. The molecule has 0 aromatic heterocycles. The molecule has 0 radical (unpaired) electrons. The molecule has 0 unspecified atom stereocenters. The highest BCUT2D eigenvalue weighted by Gasteiger charge is 1.93. The number of benzene rings is 1. The highest BCUT2D eigenvalue weighted by Crippen LogP contribution is 2.05. The van der Waals surface area contributed by atoms with Gasteiger partial charge in [-0.1, -0.05) is 35.8 Å². The van der Waals surface area contributed by atoms with Crippen molar-refractivity contribution in [2.75, 3.05) is 27.4 Å². The van der Waals surface area contributed by atoms with Crippen molar-refractivity contribution in [1.29, 1.82) is 0 Å². The molecule has 0 saturated heterocycles. The molecule has 1 aromatic rings. The molecule has 0 aliphatic carbocycles. The molecule has 82 valence electrons. The molecular formula is C14H14O2. The summed E-state index contributed by atoms with van der Waals surface area (Å²) in [6.07, 6.45) is 0. The molecule has 0 fully saturated rings. The van der Waals surface area contributed by atoms with E-state index >= 15 is 0 Å². The Labute approximate surface area is 96.6 Å². The van der Waals surface area contributed by atoms with Gasteiger partial charge in [-0.05, 0) is 12.1 Å². The van der Waals surface area contributed by atoms with Gasteiger partial charge in [-0.15, -0.1) is 0 Å². The van der Waals surface area contributed by atoms with Crippen molar-refractivity contribution in [3.05, 3.63) is 35.4 Å². The van der Waals surface area contributed by atoms with Crippen LogP contribution in [0.4, 0.5) is 0 Å². The molecule has 0 spiro atoms. The number of methoxy groups -OCH3 is 2.